The fourth-order valence-corrected chi connectivity index (χ4v) is 8.24. The number of aliphatic hydroxyl groups excluding tert-OH is 1. The molecule has 42 heavy (non-hydrogen) atoms. The lowest BCUT2D eigenvalue weighted by molar-refractivity contribution is 0.180. The molecule has 2 N–H and O–H groups in total. The highest BCUT2D eigenvalue weighted by atomic mass is 32.2. The number of carbonyl (C=O) groups excluding carboxylic acids is 1. The average Bonchev–Trinajstić information content (AvgIpc) is 3.79. The molecule has 2 fully saturated rings. The molecule has 0 radical (unpaired) electrons. The molecule has 13 nitrogen and oxygen atoms in total. The van der Waals surface area contributed by atoms with Gasteiger partial charge in [-0.1, -0.05) is 18.2 Å². The molecular weight excluding hydrogens is 580 g/mol. The molecule has 0 spiro atoms. The number of imidazole rings is 1. The van der Waals surface area contributed by atoms with Crippen LogP contribution in [0, 0.1) is 11.8 Å². The SMILES string of the molecule is COc1nsc(NC(=O)N2C[C@H]3CC(n4c([C@@H](C)O)nc5cnc6c(ccn6S(=O)(=O)c6ccccc6)c54)C[C@H]3C2)n1. The van der Waals surface area contributed by atoms with E-state index in [1.807, 2.05) is 0 Å². The second-order valence-corrected chi connectivity index (χ2v) is 13.3. The number of pyridine rings is 1. The number of methoxy groups -OCH3 is 1. The van der Waals surface area contributed by atoms with Crippen LogP contribution < -0.4 is 10.1 Å². The van der Waals surface area contributed by atoms with Crippen LogP contribution in [0.15, 0.2) is 53.7 Å². The first-order valence-electron chi connectivity index (χ1n) is 13.5. The number of likely N-dealkylation sites (tertiary alicyclic amines) is 1. The monoisotopic (exact) mass is 608 g/mol. The van der Waals surface area contributed by atoms with Crippen molar-refractivity contribution in [1.29, 1.82) is 0 Å². The Kier molecular flexibility index (Phi) is 6.40. The molecular formula is C27H28N8O5S2. The number of rotatable bonds is 6. The lowest BCUT2D eigenvalue weighted by atomic mass is 10.0. The first kappa shape index (κ1) is 26.8. The average molecular weight is 609 g/mol. The fourth-order valence-electron chi connectivity index (χ4n) is 6.39. The van der Waals surface area contributed by atoms with Crippen LogP contribution in [-0.2, 0) is 10.0 Å². The Hall–Kier alpha value is -4.08. The van der Waals surface area contributed by atoms with E-state index in [0.29, 0.717) is 40.6 Å². The van der Waals surface area contributed by atoms with Gasteiger partial charge < -0.3 is 19.3 Å². The molecule has 1 aliphatic heterocycles. The molecule has 1 aliphatic carbocycles. The number of hydrogen-bond donors (Lipinski definition) is 2. The van der Waals surface area contributed by atoms with Gasteiger partial charge in [-0.2, -0.15) is 4.98 Å². The van der Waals surface area contributed by atoms with Crippen molar-refractivity contribution in [2.45, 2.75) is 36.8 Å². The smallest absolute Gasteiger partial charge is 0.329 e. The largest absolute Gasteiger partial charge is 0.466 e. The summed E-state index contributed by atoms with van der Waals surface area (Å²) in [6, 6.07) is 10.0. The maximum absolute atomic E-state index is 13.5. The van der Waals surface area contributed by atoms with E-state index >= 15 is 0 Å². The van der Waals surface area contributed by atoms with E-state index in [1.165, 1.54) is 17.3 Å². The molecule has 5 aromatic rings. The zero-order chi connectivity index (χ0) is 29.2. The van der Waals surface area contributed by atoms with E-state index in [4.69, 9.17) is 9.72 Å². The summed E-state index contributed by atoms with van der Waals surface area (Å²) in [5.41, 5.74) is 1.65. The van der Waals surface area contributed by atoms with Gasteiger partial charge in [0.15, 0.2) is 5.65 Å². The lowest BCUT2D eigenvalue weighted by Crippen LogP contribution is -2.34. The lowest BCUT2D eigenvalue weighted by Gasteiger charge is -2.22. The quantitative estimate of drug-likeness (QED) is 0.294. The fraction of sp³-hybridized carbons (Fsp3) is 0.370. The third kappa shape index (κ3) is 4.30. The predicted octanol–water partition coefficient (Wildman–Crippen LogP) is 3.65. The molecule has 0 bridgehead atoms. The van der Waals surface area contributed by atoms with Crippen molar-refractivity contribution in [1.82, 2.24) is 32.8 Å². The molecule has 15 heteroatoms. The third-order valence-corrected chi connectivity index (χ3v) is 10.5. The topological polar surface area (TPSA) is 157 Å². The number of anilines is 1. The van der Waals surface area contributed by atoms with Gasteiger partial charge in [-0.15, -0.1) is 4.37 Å². The predicted molar refractivity (Wildman–Crippen MR) is 155 cm³/mol. The number of hydrogen-bond acceptors (Lipinski definition) is 10. The minimum Gasteiger partial charge on any atom is -0.466 e. The molecule has 1 aromatic carbocycles. The van der Waals surface area contributed by atoms with Crippen molar-refractivity contribution >= 4 is 54.8 Å². The number of fused-ring (bicyclic) bond motifs is 4. The number of nitrogens with one attached hydrogen (secondary N) is 1. The summed E-state index contributed by atoms with van der Waals surface area (Å²) in [5, 5.41) is 14.6. The first-order valence-corrected chi connectivity index (χ1v) is 15.8. The number of amides is 2. The number of aliphatic hydroxyl groups is 1. The second kappa shape index (κ2) is 10.0. The van der Waals surface area contributed by atoms with Gasteiger partial charge in [-0.3, -0.25) is 5.32 Å². The maximum atomic E-state index is 13.5. The number of ether oxygens (including phenoxy) is 1. The van der Waals surface area contributed by atoms with E-state index in [2.05, 4.69) is 24.2 Å². The van der Waals surface area contributed by atoms with E-state index in [1.54, 1.807) is 54.4 Å². The highest BCUT2D eigenvalue weighted by molar-refractivity contribution is 7.90. The number of nitrogens with zero attached hydrogens (tertiary/aromatic N) is 7. The Morgan fingerprint density at radius 1 is 1.14 bits per heavy atom. The van der Waals surface area contributed by atoms with Crippen molar-refractivity contribution in [3.05, 3.63) is 54.6 Å². The highest BCUT2D eigenvalue weighted by Gasteiger charge is 2.44. The van der Waals surface area contributed by atoms with Crippen molar-refractivity contribution < 1.29 is 23.1 Å². The molecule has 1 unspecified atom stereocenters. The molecule has 218 valence electrons. The van der Waals surface area contributed by atoms with E-state index in [9.17, 15) is 18.3 Å². The Balaban J connectivity index is 1.19. The number of benzene rings is 1. The van der Waals surface area contributed by atoms with E-state index in [-0.39, 0.29) is 34.8 Å². The van der Waals surface area contributed by atoms with Crippen LogP contribution in [0.5, 0.6) is 6.01 Å². The summed E-state index contributed by atoms with van der Waals surface area (Å²) in [6.07, 6.45) is 3.83. The van der Waals surface area contributed by atoms with Crippen LogP contribution >= 0.6 is 11.5 Å². The minimum atomic E-state index is -3.86. The molecule has 2 aliphatic rings. The van der Waals surface area contributed by atoms with E-state index < -0.39 is 16.1 Å². The van der Waals surface area contributed by atoms with Gasteiger partial charge >= 0.3 is 12.0 Å². The number of aromatic nitrogens is 6. The van der Waals surface area contributed by atoms with Crippen LogP contribution in [0.25, 0.3) is 22.1 Å². The van der Waals surface area contributed by atoms with Gasteiger partial charge in [0.25, 0.3) is 10.0 Å². The molecule has 1 saturated heterocycles. The summed E-state index contributed by atoms with van der Waals surface area (Å²) >= 11 is 1.07. The van der Waals surface area contributed by atoms with Crippen molar-refractivity contribution in [3.63, 3.8) is 0 Å². The van der Waals surface area contributed by atoms with Gasteiger partial charge in [0, 0.05) is 42.2 Å². The van der Waals surface area contributed by atoms with Crippen molar-refractivity contribution in [3.8, 4) is 6.01 Å². The van der Waals surface area contributed by atoms with Crippen molar-refractivity contribution in [2.24, 2.45) is 11.8 Å². The molecule has 4 aromatic heterocycles. The van der Waals surface area contributed by atoms with Crippen molar-refractivity contribution in [2.75, 3.05) is 25.5 Å². The molecule has 2 amide bonds. The zero-order valence-electron chi connectivity index (χ0n) is 22.8. The minimum absolute atomic E-state index is 0.0203. The summed E-state index contributed by atoms with van der Waals surface area (Å²) in [5.74, 6) is 1.05. The van der Waals surface area contributed by atoms with Crippen LogP contribution in [0.1, 0.15) is 37.7 Å². The Labute approximate surface area is 245 Å². The molecule has 5 heterocycles. The summed E-state index contributed by atoms with van der Waals surface area (Å²) < 4.78 is 39.2. The first-order chi connectivity index (χ1) is 20.2. The van der Waals surface area contributed by atoms with Crippen LogP contribution in [0.3, 0.4) is 0 Å². The Morgan fingerprint density at radius 3 is 2.55 bits per heavy atom. The second-order valence-electron chi connectivity index (χ2n) is 10.7. The zero-order valence-corrected chi connectivity index (χ0v) is 24.4. The van der Waals surface area contributed by atoms with Crippen LogP contribution in [0.4, 0.5) is 9.93 Å². The van der Waals surface area contributed by atoms with Crippen LogP contribution in [0.2, 0.25) is 0 Å². The highest BCUT2D eigenvalue weighted by Crippen LogP contribution is 2.46. The Bertz CT molecular complexity index is 1900. The summed E-state index contributed by atoms with van der Waals surface area (Å²) in [4.78, 5) is 28.2. The normalized spacial score (nSPS) is 21.2. The van der Waals surface area contributed by atoms with Gasteiger partial charge in [0.05, 0.1) is 23.7 Å². The molecule has 4 atom stereocenters. The standard InChI is InChI=1S/C27H28N8O5S2/c1-15(36)23-29-21-12-28-24-20(8-9-34(24)42(38,39)19-6-4-3-5-7-19)22(21)35(23)18-10-16-13-33(14-17(16)11-18)27(37)31-26-30-25(40-2)32-41-26/h3-9,12,15-18,36H,10-11,13-14H2,1-2H3,(H,30,31,32,37)/t15-,16-,17+,18?/m1/s1. The van der Waals surface area contributed by atoms with Gasteiger partial charge in [0.2, 0.25) is 5.13 Å². The molecule has 7 rings (SSSR count). The maximum Gasteiger partial charge on any atom is 0.329 e. The van der Waals surface area contributed by atoms with E-state index in [0.717, 1.165) is 29.9 Å². The van der Waals surface area contributed by atoms with Gasteiger partial charge in [-0.05, 0) is 49.8 Å². The Morgan fingerprint density at radius 2 is 1.88 bits per heavy atom. The van der Waals surface area contributed by atoms with Gasteiger partial charge in [0.1, 0.15) is 17.4 Å². The number of carbonyl (C=O) groups is 1. The van der Waals surface area contributed by atoms with Gasteiger partial charge in [-0.25, -0.2) is 27.2 Å². The summed E-state index contributed by atoms with van der Waals surface area (Å²) in [6.45, 7) is 2.88. The third-order valence-electron chi connectivity index (χ3n) is 8.21. The summed E-state index contributed by atoms with van der Waals surface area (Å²) in [7, 11) is -2.39. The van der Waals surface area contributed by atoms with Crippen LogP contribution in [-0.4, -0.2) is 72.5 Å². The number of urea groups is 1. The molecule has 1 saturated carbocycles.